The van der Waals surface area contributed by atoms with E-state index in [0.29, 0.717) is 23.4 Å². The maximum atomic E-state index is 13.6. The third kappa shape index (κ3) is 3.18. The van der Waals surface area contributed by atoms with Crippen molar-refractivity contribution in [1.29, 1.82) is 0 Å². The summed E-state index contributed by atoms with van der Waals surface area (Å²) in [5.74, 6) is 0.627. The molecule has 0 aliphatic carbocycles. The van der Waals surface area contributed by atoms with Crippen molar-refractivity contribution >= 4 is 21.8 Å². The minimum Gasteiger partial charge on any atom is -0.492 e. The molecule has 1 aliphatic heterocycles. The van der Waals surface area contributed by atoms with Crippen LogP contribution >= 0.6 is 0 Å². The molecule has 0 saturated carbocycles. The molecule has 1 fully saturated rings. The molecular formula is C19H21F2N3O. The quantitative estimate of drug-likeness (QED) is 0.684. The van der Waals surface area contributed by atoms with E-state index >= 15 is 0 Å². The molecular weight excluding hydrogens is 324 g/mol. The molecule has 2 aromatic heterocycles. The molecule has 1 aromatic carbocycles. The van der Waals surface area contributed by atoms with Crippen LogP contribution in [0.2, 0.25) is 0 Å². The average Bonchev–Trinajstić information content (AvgIpc) is 2.96. The summed E-state index contributed by atoms with van der Waals surface area (Å²) in [4.78, 5) is 6.46. The molecule has 1 aliphatic rings. The summed E-state index contributed by atoms with van der Waals surface area (Å²) < 4.78 is 34.0. The van der Waals surface area contributed by atoms with E-state index in [0.717, 1.165) is 35.0 Å². The van der Waals surface area contributed by atoms with E-state index in [4.69, 9.17) is 4.74 Å². The molecule has 4 rings (SSSR count). The SMILES string of the molecule is FC(F)n1c2ccncc2c2ccc(OCCN3CCCCC3)cc21. The molecule has 132 valence electrons. The molecule has 0 N–H and O–H groups in total. The van der Waals surface area contributed by atoms with Crippen LogP contribution in [0.3, 0.4) is 0 Å². The average molecular weight is 345 g/mol. The second-order valence-corrected chi connectivity index (χ2v) is 6.47. The molecule has 0 bridgehead atoms. The third-order valence-corrected chi connectivity index (χ3v) is 4.90. The first kappa shape index (κ1) is 16.3. The van der Waals surface area contributed by atoms with Crippen molar-refractivity contribution in [3.05, 3.63) is 36.7 Å². The fraction of sp³-hybridized carbons (Fsp3) is 0.421. The Morgan fingerprint density at radius 2 is 1.88 bits per heavy atom. The number of fused-ring (bicyclic) bond motifs is 3. The lowest BCUT2D eigenvalue weighted by atomic mass is 10.1. The zero-order valence-corrected chi connectivity index (χ0v) is 14.0. The van der Waals surface area contributed by atoms with E-state index in [1.54, 1.807) is 18.3 Å². The molecule has 3 heterocycles. The number of piperidine rings is 1. The molecule has 0 atom stereocenters. The molecule has 0 amide bonds. The Hall–Kier alpha value is -2.21. The highest BCUT2D eigenvalue weighted by molar-refractivity contribution is 6.08. The number of benzene rings is 1. The minimum atomic E-state index is -2.61. The second kappa shape index (κ2) is 6.96. The van der Waals surface area contributed by atoms with Gasteiger partial charge in [0, 0.05) is 35.8 Å². The molecule has 0 unspecified atom stereocenters. The van der Waals surface area contributed by atoms with E-state index in [9.17, 15) is 8.78 Å². The molecule has 3 aromatic rings. The third-order valence-electron chi connectivity index (χ3n) is 4.90. The van der Waals surface area contributed by atoms with Gasteiger partial charge in [-0.05, 0) is 44.1 Å². The predicted octanol–water partition coefficient (Wildman–Crippen LogP) is 4.45. The van der Waals surface area contributed by atoms with Crippen molar-refractivity contribution in [3.8, 4) is 5.75 Å². The van der Waals surface area contributed by atoms with Gasteiger partial charge in [0.05, 0.1) is 11.0 Å². The topological polar surface area (TPSA) is 30.3 Å². The van der Waals surface area contributed by atoms with Crippen LogP contribution in [-0.4, -0.2) is 40.7 Å². The fourth-order valence-electron chi connectivity index (χ4n) is 3.65. The van der Waals surface area contributed by atoms with Gasteiger partial charge in [0.25, 0.3) is 0 Å². The lowest BCUT2D eigenvalue weighted by Crippen LogP contribution is -2.33. The Bertz CT molecular complexity index is 872. The number of likely N-dealkylation sites (tertiary alicyclic amines) is 1. The maximum absolute atomic E-state index is 13.6. The highest BCUT2D eigenvalue weighted by Crippen LogP contribution is 2.34. The van der Waals surface area contributed by atoms with Crippen LogP contribution in [-0.2, 0) is 0 Å². The predicted molar refractivity (Wildman–Crippen MR) is 94.3 cm³/mol. The lowest BCUT2D eigenvalue weighted by Gasteiger charge is -2.26. The van der Waals surface area contributed by atoms with Crippen LogP contribution in [0.4, 0.5) is 8.78 Å². The molecule has 25 heavy (non-hydrogen) atoms. The smallest absolute Gasteiger partial charge is 0.319 e. The molecule has 0 radical (unpaired) electrons. The lowest BCUT2D eigenvalue weighted by molar-refractivity contribution is 0.0796. The van der Waals surface area contributed by atoms with Crippen molar-refractivity contribution < 1.29 is 13.5 Å². The van der Waals surface area contributed by atoms with Gasteiger partial charge in [-0.25, -0.2) is 0 Å². The number of ether oxygens (including phenoxy) is 1. The van der Waals surface area contributed by atoms with Crippen LogP contribution in [0.25, 0.3) is 21.8 Å². The van der Waals surface area contributed by atoms with Gasteiger partial charge in [0.15, 0.2) is 0 Å². The van der Waals surface area contributed by atoms with Gasteiger partial charge in [-0.15, -0.1) is 0 Å². The van der Waals surface area contributed by atoms with Gasteiger partial charge in [-0.3, -0.25) is 14.5 Å². The summed E-state index contributed by atoms with van der Waals surface area (Å²) in [7, 11) is 0. The van der Waals surface area contributed by atoms with Crippen molar-refractivity contribution in [3.63, 3.8) is 0 Å². The van der Waals surface area contributed by atoms with E-state index in [1.807, 2.05) is 12.1 Å². The Labute approximate surface area is 145 Å². The van der Waals surface area contributed by atoms with E-state index in [1.165, 1.54) is 25.5 Å². The summed E-state index contributed by atoms with van der Waals surface area (Å²) in [6.45, 7) is 1.08. The molecule has 4 nitrogen and oxygen atoms in total. The number of hydrogen-bond acceptors (Lipinski definition) is 3. The van der Waals surface area contributed by atoms with Crippen LogP contribution in [0.1, 0.15) is 25.8 Å². The monoisotopic (exact) mass is 345 g/mol. The number of nitrogens with zero attached hydrogens (tertiary/aromatic N) is 3. The first-order chi connectivity index (χ1) is 12.2. The number of aromatic nitrogens is 2. The number of pyridine rings is 1. The summed E-state index contributed by atoms with van der Waals surface area (Å²) >= 11 is 0. The number of halogens is 2. The van der Waals surface area contributed by atoms with Gasteiger partial charge >= 0.3 is 6.55 Å². The second-order valence-electron chi connectivity index (χ2n) is 6.47. The van der Waals surface area contributed by atoms with Gasteiger partial charge < -0.3 is 4.74 Å². The standard InChI is InChI=1S/C19H21F2N3O/c20-19(21)24-17-6-7-22-13-16(17)15-5-4-14(12-18(15)24)25-11-10-23-8-2-1-3-9-23/h4-7,12-13,19H,1-3,8-11H2. The number of alkyl halides is 2. The van der Waals surface area contributed by atoms with Gasteiger partial charge in [0.1, 0.15) is 12.4 Å². The van der Waals surface area contributed by atoms with Crippen LogP contribution in [0.5, 0.6) is 5.75 Å². The van der Waals surface area contributed by atoms with Gasteiger partial charge in [-0.1, -0.05) is 6.42 Å². The van der Waals surface area contributed by atoms with Crippen molar-refractivity contribution in [2.45, 2.75) is 25.8 Å². The minimum absolute atomic E-state index is 0.480. The zero-order chi connectivity index (χ0) is 17.2. The largest absolute Gasteiger partial charge is 0.492 e. The van der Waals surface area contributed by atoms with Crippen LogP contribution < -0.4 is 4.74 Å². The normalized spacial score (nSPS) is 16.1. The molecule has 0 spiro atoms. The Morgan fingerprint density at radius 3 is 2.68 bits per heavy atom. The van der Waals surface area contributed by atoms with Gasteiger partial charge in [-0.2, -0.15) is 8.78 Å². The number of hydrogen-bond donors (Lipinski definition) is 0. The summed E-state index contributed by atoms with van der Waals surface area (Å²) in [6, 6.07) is 7.02. The highest BCUT2D eigenvalue weighted by atomic mass is 19.3. The van der Waals surface area contributed by atoms with Crippen molar-refractivity contribution in [2.75, 3.05) is 26.2 Å². The summed E-state index contributed by atoms with van der Waals surface area (Å²) in [6.07, 6.45) is 6.97. The van der Waals surface area contributed by atoms with Crippen LogP contribution in [0.15, 0.2) is 36.7 Å². The molecule has 6 heteroatoms. The first-order valence-electron chi connectivity index (χ1n) is 8.75. The number of rotatable bonds is 5. The van der Waals surface area contributed by atoms with Crippen molar-refractivity contribution in [2.24, 2.45) is 0 Å². The van der Waals surface area contributed by atoms with E-state index in [2.05, 4.69) is 9.88 Å². The fourth-order valence-corrected chi connectivity index (χ4v) is 3.65. The summed E-state index contributed by atoms with van der Waals surface area (Å²) in [5.41, 5.74) is 0.971. The highest BCUT2D eigenvalue weighted by Gasteiger charge is 2.17. The van der Waals surface area contributed by atoms with E-state index in [-0.39, 0.29) is 0 Å². The van der Waals surface area contributed by atoms with Gasteiger partial charge in [0.2, 0.25) is 0 Å². The Balaban J connectivity index is 1.58. The Kier molecular flexibility index (Phi) is 4.53. The Morgan fingerprint density at radius 1 is 1.04 bits per heavy atom. The maximum Gasteiger partial charge on any atom is 0.319 e. The van der Waals surface area contributed by atoms with Crippen molar-refractivity contribution in [1.82, 2.24) is 14.5 Å². The summed E-state index contributed by atoms with van der Waals surface area (Å²) in [5, 5.41) is 1.50. The zero-order valence-electron chi connectivity index (χ0n) is 14.0. The first-order valence-corrected chi connectivity index (χ1v) is 8.75. The van der Waals surface area contributed by atoms with E-state index < -0.39 is 6.55 Å². The van der Waals surface area contributed by atoms with Crippen LogP contribution in [0, 0.1) is 0 Å². The molecule has 1 saturated heterocycles.